The zero-order valence-electron chi connectivity index (χ0n) is 12.0. The number of aliphatic hydroxyl groups is 1. The van der Waals surface area contributed by atoms with Gasteiger partial charge in [0.1, 0.15) is 5.75 Å². The highest BCUT2D eigenvalue weighted by molar-refractivity contribution is 5.46. The molecular formula is C17H21NO2. The molecule has 1 aromatic rings. The fourth-order valence-electron chi connectivity index (χ4n) is 4.28. The first-order valence-corrected chi connectivity index (χ1v) is 7.42. The van der Waals surface area contributed by atoms with Crippen LogP contribution in [0, 0.1) is 11.3 Å². The fraction of sp³-hybridized carbons (Fsp3) is 0.588. The smallest absolute Gasteiger partial charge is 0.119 e. The summed E-state index contributed by atoms with van der Waals surface area (Å²) in [5.41, 5.74) is 1.41. The first-order chi connectivity index (χ1) is 9.65. The van der Waals surface area contributed by atoms with E-state index in [1.54, 1.807) is 7.11 Å². The molecule has 20 heavy (non-hydrogen) atoms. The van der Waals surface area contributed by atoms with Crippen molar-refractivity contribution >= 4 is 0 Å². The van der Waals surface area contributed by atoms with Crippen molar-refractivity contribution in [2.75, 3.05) is 7.11 Å². The van der Waals surface area contributed by atoms with Crippen LogP contribution in [0.25, 0.3) is 0 Å². The van der Waals surface area contributed by atoms with E-state index in [0.29, 0.717) is 6.42 Å². The van der Waals surface area contributed by atoms with E-state index in [0.717, 1.165) is 37.9 Å². The summed E-state index contributed by atoms with van der Waals surface area (Å²) in [7, 11) is 1.67. The number of ether oxygens (including phenoxy) is 1. The number of hydrogen-bond acceptors (Lipinski definition) is 3. The van der Waals surface area contributed by atoms with E-state index in [1.807, 2.05) is 6.07 Å². The average molecular weight is 271 g/mol. The maximum atomic E-state index is 11.2. The van der Waals surface area contributed by atoms with E-state index in [-0.39, 0.29) is 11.8 Å². The van der Waals surface area contributed by atoms with E-state index in [4.69, 9.17) is 10.00 Å². The third-order valence-electron chi connectivity index (χ3n) is 5.36. The highest BCUT2D eigenvalue weighted by Crippen LogP contribution is 2.55. The van der Waals surface area contributed by atoms with Crippen LogP contribution in [0.4, 0.5) is 0 Å². The molecule has 1 N–H and O–H groups in total. The van der Waals surface area contributed by atoms with Gasteiger partial charge in [0.2, 0.25) is 0 Å². The van der Waals surface area contributed by atoms with Gasteiger partial charge in [-0.3, -0.25) is 0 Å². The van der Waals surface area contributed by atoms with Crippen LogP contribution in [0.3, 0.4) is 0 Å². The summed E-state index contributed by atoms with van der Waals surface area (Å²) in [4.78, 5) is 0. The van der Waals surface area contributed by atoms with Gasteiger partial charge in [-0.05, 0) is 48.9 Å². The van der Waals surface area contributed by atoms with Crippen LogP contribution in [-0.2, 0) is 11.8 Å². The van der Waals surface area contributed by atoms with Gasteiger partial charge in [0.15, 0.2) is 0 Å². The molecular weight excluding hydrogens is 250 g/mol. The van der Waals surface area contributed by atoms with Gasteiger partial charge in [-0.2, -0.15) is 5.26 Å². The number of nitriles is 1. The lowest BCUT2D eigenvalue weighted by Gasteiger charge is -2.49. The van der Waals surface area contributed by atoms with E-state index in [1.165, 1.54) is 11.1 Å². The van der Waals surface area contributed by atoms with Crippen molar-refractivity contribution in [1.29, 1.82) is 5.26 Å². The molecule has 2 aliphatic carbocycles. The fourth-order valence-corrected chi connectivity index (χ4v) is 4.28. The molecule has 1 unspecified atom stereocenters. The number of hydrogen-bond donors (Lipinski definition) is 1. The van der Waals surface area contributed by atoms with Crippen molar-refractivity contribution in [3.63, 3.8) is 0 Å². The molecule has 106 valence electrons. The van der Waals surface area contributed by atoms with Crippen LogP contribution in [0.15, 0.2) is 18.2 Å². The van der Waals surface area contributed by atoms with Crippen molar-refractivity contribution < 1.29 is 9.84 Å². The highest BCUT2D eigenvalue weighted by atomic mass is 16.5. The predicted molar refractivity (Wildman–Crippen MR) is 76.6 cm³/mol. The van der Waals surface area contributed by atoms with Crippen LogP contribution < -0.4 is 4.74 Å². The lowest BCUT2D eigenvalue weighted by Crippen LogP contribution is -2.53. The van der Waals surface area contributed by atoms with Gasteiger partial charge in [0.05, 0.1) is 25.2 Å². The normalized spacial score (nSPS) is 27.1. The molecule has 0 aliphatic heterocycles. The Kier molecular flexibility index (Phi) is 3.22. The number of rotatable bonds is 2. The third-order valence-corrected chi connectivity index (χ3v) is 5.36. The van der Waals surface area contributed by atoms with Crippen molar-refractivity contribution in [2.45, 2.75) is 56.0 Å². The Bertz CT molecular complexity index is 555. The van der Waals surface area contributed by atoms with Gasteiger partial charge in [-0.1, -0.05) is 18.9 Å². The Morgan fingerprint density at radius 2 is 2.05 bits per heavy atom. The lowest BCUT2D eigenvalue weighted by atomic mass is 9.58. The SMILES string of the molecule is COc1ccc2c(c1)C1(CCCC1)C(O)(CC#N)CC2. The minimum atomic E-state index is -0.877. The zero-order chi connectivity index (χ0) is 14.2. The summed E-state index contributed by atoms with van der Waals surface area (Å²) < 4.78 is 5.36. The van der Waals surface area contributed by atoms with E-state index in [9.17, 15) is 5.11 Å². The van der Waals surface area contributed by atoms with Crippen LogP contribution in [0.1, 0.15) is 49.7 Å². The largest absolute Gasteiger partial charge is 0.497 e. The van der Waals surface area contributed by atoms with Crippen LogP contribution in [-0.4, -0.2) is 17.8 Å². The van der Waals surface area contributed by atoms with Gasteiger partial charge in [-0.15, -0.1) is 0 Å². The zero-order valence-corrected chi connectivity index (χ0v) is 12.0. The number of methoxy groups -OCH3 is 1. The summed E-state index contributed by atoms with van der Waals surface area (Å²) in [6.07, 6.45) is 5.98. The maximum Gasteiger partial charge on any atom is 0.119 e. The summed E-state index contributed by atoms with van der Waals surface area (Å²) in [5.74, 6) is 0.844. The quantitative estimate of drug-likeness (QED) is 0.899. The minimum absolute atomic E-state index is 0.226. The second-order valence-corrected chi connectivity index (χ2v) is 6.18. The number of nitrogens with zero attached hydrogens (tertiary/aromatic N) is 1. The number of aryl methyl sites for hydroxylation is 1. The highest BCUT2D eigenvalue weighted by Gasteiger charge is 2.55. The Hall–Kier alpha value is -1.53. The first kappa shape index (κ1) is 13.5. The summed E-state index contributed by atoms with van der Waals surface area (Å²) in [6, 6.07) is 8.41. The molecule has 3 nitrogen and oxygen atoms in total. The molecule has 1 saturated carbocycles. The van der Waals surface area contributed by atoms with Gasteiger partial charge >= 0.3 is 0 Å². The Morgan fingerprint density at radius 3 is 2.70 bits per heavy atom. The molecule has 0 heterocycles. The van der Waals surface area contributed by atoms with E-state index in [2.05, 4.69) is 18.2 Å². The maximum absolute atomic E-state index is 11.2. The Labute approximate surface area is 120 Å². The number of benzene rings is 1. The molecule has 2 aliphatic rings. The third kappa shape index (κ3) is 1.75. The van der Waals surface area contributed by atoms with Crippen LogP contribution in [0.2, 0.25) is 0 Å². The monoisotopic (exact) mass is 271 g/mol. The van der Waals surface area contributed by atoms with Gasteiger partial charge < -0.3 is 9.84 Å². The summed E-state index contributed by atoms with van der Waals surface area (Å²) in [6.45, 7) is 0. The molecule has 3 heteroatoms. The second kappa shape index (κ2) is 4.79. The predicted octanol–water partition coefficient (Wildman–Crippen LogP) is 3.10. The molecule has 0 bridgehead atoms. The average Bonchev–Trinajstić information content (AvgIpc) is 2.95. The molecule has 0 aromatic heterocycles. The lowest BCUT2D eigenvalue weighted by molar-refractivity contribution is -0.0493. The minimum Gasteiger partial charge on any atom is -0.497 e. The van der Waals surface area contributed by atoms with Crippen molar-refractivity contribution in [3.05, 3.63) is 29.3 Å². The summed E-state index contributed by atoms with van der Waals surface area (Å²) >= 11 is 0. The van der Waals surface area contributed by atoms with Gasteiger partial charge in [0.25, 0.3) is 0 Å². The van der Waals surface area contributed by atoms with Crippen molar-refractivity contribution in [2.24, 2.45) is 0 Å². The van der Waals surface area contributed by atoms with Gasteiger partial charge in [-0.25, -0.2) is 0 Å². The van der Waals surface area contributed by atoms with Crippen LogP contribution >= 0.6 is 0 Å². The Balaban J connectivity index is 2.16. The molecule has 3 rings (SSSR count). The topological polar surface area (TPSA) is 53.2 Å². The van der Waals surface area contributed by atoms with E-state index >= 15 is 0 Å². The standard InChI is InChI=1S/C17H21NO2/c1-20-14-5-4-13-6-9-17(19,10-11-18)16(15(13)12-14)7-2-3-8-16/h4-5,12,19H,2-3,6-10H2,1H3. The molecule has 1 aromatic carbocycles. The molecule has 0 amide bonds. The Morgan fingerprint density at radius 1 is 1.30 bits per heavy atom. The molecule has 1 atom stereocenters. The molecule has 1 spiro atoms. The van der Waals surface area contributed by atoms with Crippen molar-refractivity contribution in [1.82, 2.24) is 0 Å². The van der Waals surface area contributed by atoms with Crippen molar-refractivity contribution in [3.8, 4) is 11.8 Å². The molecule has 0 radical (unpaired) electrons. The van der Waals surface area contributed by atoms with E-state index < -0.39 is 5.60 Å². The number of fused-ring (bicyclic) bond motifs is 2. The molecule has 0 saturated heterocycles. The van der Waals surface area contributed by atoms with Gasteiger partial charge in [0, 0.05) is 5.41 Å². The second-order valence-electron chi connectivity index (χ2n) is 6.18. The summed E-state index contributed by atoms with van der Waals surface area (Å²) in [5, 5.41) is 20.3. The van der Waals surface area contributed by atoms with Crippen LogP contribution in [0.5, 0.6) is 5.75 Å². The molecule has 1 fully saturated rings. The first-order valence-electron chi connectivity index (χ1n) is 7.42.